The molecule has 0 atom stereocenters. The van der Waals surface area contributed by atoms with Crippen LogP contribution in [0.1, 0.15) is 0 Å². The number of hydrogen-bond acceptors (Lipinski definition) is 4. The first-order valence-electron chi connectivity index (χ1n) is 5.80. The number of rotatable bonds is 5. The summed E-state index contributed by atoms with van der Waals surface area (Å²) in [6, 6.07) is 12.8. The molecule has 0 spiro atoms. The summed E-state index contributed by atoms with van der Waals surface area (Å²) < 4.78 is 21.4. The van der Waals surface area contributed by atoms with Crippen molar-refractivity contribution < 1.29 is 18.9 Å². The van der Waals surface area contributed by atoms with Crippen molar-refractivity contribution in [2.24, 2.45) is 0 Å². The van der Waals surface area contributed by atoms with Crippen LogP contribution in [0.2, 0.25) is 0 Å². The van der Waals surface area contributed by atoms with Crippen molar-refractivity contribution in [3.8, 4) is 28.7 Å². The molecule has 0 saturated carbocycles. The zero-order valence-electron chi connectivity index (χ0n) is 11.2. The molecule has 0 aliphatic rings. The van der Waals surface area contributed by atoms with E-state index in [0.717, 1.165) is 11.5 Å². The number of ether oxygens (including phenoxy) is 4. The van der Waals surface area contributed by atoms with E-state index in [1.54, 1.807) is 33.5 Å². The Hall–Kier alpha value is -2.36. The van der Waals surface area contributed by atoms with Crippen LogP contribution in [0.5, 0.6) is 28.7 Å². The second-order valence-electron chi connectivity index (χ2n) is 3.80. The highest BCUT2D eigenvalue weighted by molar-refractivity contribution is 5.48. The van der Waals surface area contributed by atoms with Crippen LogP contribution < -0.4 is 18.9 Å². The van der Waals surface area contributed by atoms with Crippen molar-refractivity contribution in [1.29, 1.82) is 0 Å². The molecule has 0 aromatic heterocycles. The van der Waals surface area contributed by atoms with Crippen LogP contribution in [0.25, 0.3) is 0 Å². The highest BCUT2D eigenvalue weighted by atomic mass is 16.5. The summed E-state index contributed by atoms with van der Waals surface area (Å²) in [6.45, 7) is 0. The Morgan fingerprint density at radius 1 is 0.632 bits per heavy atom. The third-order valence-electron chi connectivity index (χ3n) is 2.64. The summed E-state index contributed by atoms with van der Waals surface area (Å²) in [5, 5.41) is 0. The van der Waals surface area contributed by atoms with Crippen molar-refractivity contribution in [3.63, 3.8) is 0 Å². The molecule has 2 aromatic carbocycles. The maximum absolute atomic E-state index is 5.78. The van der Waals surface area contributed by atoms with Gasteiger partial charge in [0.1, 0.15) is 17.2 Å². The van der Waals surface area contributed by atoms with Crippen LogP contribution in [-0.2, 0) is 0 Å². The second-order valence-corrected chi connectivity index (χ2v) is 3.80. The van der Waals surface area contributed by atoms with E-state index in [1.807, 2.05) is 30.3 Å². The third-order valence-corrected chi connectivity index (χ3v) is 2.64. The zero-order valence-corrected chi connectivity index (χ0v) is 11.2. The summed E-state index contributed by atoms with van der Waals surface area (Å²) in [5.41, 5.74) is 0. The average molecular weight is 260 g/mol. The molecule has 0 bridgehead atoms. The molecule has 0 amide bonds. The molecule has 0 heterocycles. The molecular formula is C15H16O4. The van der Waals surface area contributed by atoms with E-state index in [0.29, 0.717) is 17.2 Å². The minimum atomic E-state index is 0.613. The summed E-state index contributed by atoms with van der Waals surface area (Å²) in [6.07, 6.45) is 0. The van der Waals surface area contributed by atoms with Crippen molar-refractivity contribution in [1.82, 2.24) is 0 Å². The molecule has 100 valence electrons. The minimum absolute atomic E-state index is 0.613. The van der Waals surface area contributed by atoms with Crippen LogP contribution in [0.15, 0.2) is 42.5 Å². The van der Waals surface area contributed by atoms with Gasteiger partial charge in [-0.2, -0.15) is 0 Å². The fourth-order valence-corrected chi connectivity index (χ4v) is 1.65. The van der Waals surface area contributed by atoms with Gasteiger partial charge in [0.15, 0.2) is 11.5 Å². The van der Waals surface area contributed by atoms with Gasteiger partial charge in [-0.3, -0.25) is 0 Å². The largest absolute Gasteiger partial charge is 0.497 e. The predicted molar refractivity (Wildman–Crippen MR) is 72.6 cm³/mol. The molecule has 0 radical (unpaired) electrons. The Morgan fingerprint density at radius 2 is 1.32 bits per heavy atom. The maximum Gasteiger partial charge on any atom is 0.169 e. The third kappa shape index (κ3) is 3.10. The van der Waals surface area contributed by atoms with Crippen LogP contribution in [-0.4, -0.2) is 21.3 Å². The topological polar surface area (TPSA) is 36.9 Å². The molecule has 0 unspecified atom stereocenters. The quantitative estimate of drug-likeness (QED) is 0.824. The van der Waals surface area contributed by atoms with Gasteiger partial charge in [0.2, 0.25) is 0 Å². The first-order valence-corrected chi connectivity index (χ1v) is 5.80. The summed E-state index contributed by atoms with van der Waals surface area (Å²) in [7, 11) is 4.82. The summed E-state index contributed by atoms with van der Waals surface area (Å²) in [5.74, 6) is 3.38. The van der Waals surface area contributed by atoms with Crippen molar-refractivity contribution in [2.45, 2.75) is 0 Å². The molecule has 19 heavy (non-hydrogen) atoms. The minimum Gasteiger partial charge on any atom is -0.497 e. The summed E-state index contributed by atoms with van der Waals surface area (Å²) in [4.78, 5) is 0. The maximum atomic E-state index is 5.78. The fraction of sp³-hybridized carbons (Fsp3) is 0.200. The Kier molecular flexibility index (Phi) is 4.13. The van der Waals surface area contributed by atoms with Gasteiger partial charge in [0.25, 0.3) is 0 Å². The van der Waals surface area contributed by atoms with Gasteiger partial charge in [-0.25, -0.2) is 0 Å². The molecule has 0 aliphatic carbocycles. The Morgan fingerprint density at radius 3 is 2.00 bits per heavy atom. The van der Waals surface area contributed by atoms with Gasteiger partial charge in [-0.1, -0.05) is 6.07 Å². The molecule has 4 nitrogen and oxygen atoms in total. The van der Waals surface area contributed by atoms with Crippen LogP contribution in [0.4, 0.5) is 0 Å². The SMILES string of the molecule is COc1cccc(Oc2ccc(OC)cc2OC)c1. The molecule has 2 rings (SSSR count). The molecular weight excluding hydrogens is 244 g/mol. The number of methoxy groups -OCH3 is 3. The van der Waals surface area contributed by atoms with Gasteiger partial charge >= 0.3 is 0 Å². The van der Waals surface area contributed by atoms with E-state index in [2.05, 4.69) is 0 Å². The van der Waals surface area contributed by atoms with E-state index >= 15 is 0 Å². The highest BCUT2D eigenvalue weighted by Gasteiger charge is 2.07. The van der Waals surface area contributed by atoms with E-state index < -0.39 is 0 Å². The average Bonchev–Trinajstić information content (AvgIpc) is 2.48. The molecule has 4 heteroatoms. The van der Waals surface area contributed by atoms with Gasteiger partial charge in [0.05, 0.1) is 21.3 Å². The summed E-state index contributed by atoms with van der Waals surface area (Å²) >= 11 is 0. The Bertz CT molecular complexity index is 552. The van der Waals surface area contributed by atoms with Gasteiger partial charge in [-0.15, -0.1) is 0 Å². The lowest BCUT2D eigenvalue weighted by Crippen LogP contribution is -1.92. The van der Waals surface area contributed by atoms with E-state index in [1.165, 1.54) is 0 Å². The molecule has 2 aromatic rings. The predicted octanol–water partition coefficient (Wildman–Crippen LogP) is 3.50. The van der Waals surface area contributed by atoms with Crippen molar-refractivity contribution in [3.05, 3.63) is 42.5 Å². The molecule has 0 saturated heterocycles. The first kappa shape index (κ1) is 13.1. The van der Waals surface area contributed by atoms with E-state index in [9.17, 15) is 0 Å². The molecule has 0 N–H and O–H groups in total. The van der Waals surface area contributed by atoms with Crippen LogP contribution in [0.3, 0.4) is 0 Å². The monoisotopic (exact) mass is 260 g/mol. The van der Waals surface area contributed by atoms with Gasteiger partial charge in [-0.05, 0) is 24.3 Å². The van der Waals surface area contributed by atoms with Gasteiger partial charge < -0.3 is 18.9 Å². The zero-order chi connectivity index (χ0) is 13.7. The number of benzene rings is 2. The van der Waals surface area contributed by atoms with Gasteiger partial charge in [0, 0.05) is 12.1 Å². The Balaban J connectivity index is 2.26. The lowest BCUT2D eigenvalue weighted by Gasteiger charge is -2.12. The molecule has 0 aliphatic heterocycles. The van der Waals surface area contributed by atoms with Crippen molar-refractivity contribution in [2.75, 3.05) is 21.3 Å². The highest BCUT2D eigenvalue weighted by Crippen LogP contribution is 2.35. The lowest BCUT2D eigenvalue weighted by atomic mass is 10.3. The smallest absolute Gasteiger partial charge is 0.169 e. The van der Waals surface area contributed by atoms with E-state index in [4.69, 9.17) is 18.9 Å². The van der Waals surface area contributed by atoms with E-state index in [-0.39, 0.29) is 0 Å². The van der Waals surface area contributed by atoms with Crippen molar-refractivity contribution >= 4 is 0 Å². The Labute approximate surface area is 112 Å². The molecule has 0 fully saturated rings. The second kappa shape index (κ2) is 6.00. The lowest BCUT2D eigenvalue weighted by molar-refractivity contribution is 0.367. The standard InChI is InChI=1S/C15H16O4/c1-16-11-5-4-6-13(9-11)19-14-8-7-12(17-2)10-15(14)18-3/h4-10H,1-3H3. The number of hydrogen-bond donors (Lipinski definition) is 0. The van der Waals surface area contributed by atoms with Crippen LogP contribution >= 0.6 is 0 Å². The fourth-order valence-electron chi connectivity index (χ4n) is 1.65. The normalized spacial score (nSPS) is 9.84. The van der Waals surface area contributed by atoms with Crippen LogP contribution in [0, 0.1) is 0 Å². The first-order chi connectivity index (χ1) is 9.26.